The number of hydrogen-bond acceptors (Lipinski definition) is 3. The van der Waals surface area contributed by atoms with Crippen molar-refractivity contribution < 1.29 is 4.79 Å². The Kier molecular flexibility index (Phi) is 4.43. The Hall–Kier alpha value is -1.65. The topological polar surface area (TPSA) is 64.0 Å². The van der Waals surface area contributed by atoms with E-state index < -0.39 is 5.69 Å². The van der Waals surface area contributed by atoms with Crippen LogP contribution in [0.2, 0.25) is 0 Å². The summed E-state index contributed by atoms with van der Waals surface area (Å²) in [5, 5.41) is 2.84. The summed E-state index contributed by atoms with van der Waals surface area (Å²) in [6, 6.07) is 1.80. The average molecular weight is 237 g/mol. The minimum absolute atomic E-state index is 0.0170. The Morgan fingerprint density at radius 1 is 1.47 bits per heavy atom. The molecule has 0 spiro atoms. The molecule has 0 bridgehead atoms. The molecular weight excluding hydrogens is 218 g/mol. The standard InChI is InChI=1S/C12H19N3O2/c1-8(2)10(4)14-11(16)7-15-6-5-9(3)13-12(15)17/h5-6,8,10H,7H2,1-4H3,(H,14,16). The van der Waals surface area contributed by atoms with Crippen molar-refractivity contribution in [3.63, 3.8) is 0 Å². The molecule has 0 aliphatic carbocycles. The second-order valence-electron chi connectivity index (χ2n) is 4.58. The maximum Gasteiger partial charge on any atom is 0.348 e. The summed E-state index contributed by atoms with van der Waals surface area (Å²) in [6.45, 7) is 7.77. The van der Waals surface area contributed by atoms with E-state index in [0.717, 1.165) is 0 Å². The zero-order chi connectivity index (χ0) is 13.0. The highest BCUT2D eigenvalue weighted by atomic mass is 16.2. The van der Waals surface area contributed by atoms with Crippen molar-refractivity contribution in [3.05, 3.63) is 28.4 Å². The Morgan fingerprint density at radius 3 is 2.65 bits per heavy atom. The highest BCUT2D eigenvalue weighted by Crippen LogP contribution is 1.99. The molecule has 1 heterocycles. The van der Waals surface area contributed by atoms with Crippen LogP contribution in [-0.2, 0) is 11.3 Å². The van der Waals surface area contributed by atoms with Crippen LogP contribution in [0, 0.1) is 12.8 Å². The van der Waals surface area contributed by atoms with Gasteiger partial charge in [-0.1, -0.05) is 13.8 Å². The van der Waals surface area contributed by atoms with E-state index >= 15 is 0 Å². The van der Waals surface area contributed by atoms with Crippen LogP contribution in [0.3, 0.4) is 0 Å². The third-order valence-corrected chi connectivity index (χ3v) is 2.72. The number of nitrogens with one attached hydrogen (secondary N) is 1. The van der Waals surface area contributed by atoms with Gasteiger partial charge in [-0.05, 0) is 25.8 Å². The lowest BCUT2D eigenvalue weighted by atomic mass is 10.1. The number of rotatable bonds is 4. The summed E-state index contributed by atoms with van der Waals surface area (Å²) in [7, 11) is 0. The average Bonchev–Trinajstić information content (AvgIpc) is 2.22. The lowest BCUT2D eigenvalue weighted by Gasteiger charge is -2.17. The van der Waals surface area contributed by atoms with E-state index in [9.17, 15) is 9.59 Å². The highest BCUT2D eigenvalue weighted by molar-refractivity contribution is 5.76. The Morgan fingerprint density at radius 2 is 2.12 bits per heavy atom. The van der Waals surface area contributed by atoms with E-state index in [1.807, 2.05) is 20.8 Å². The molecule has 1 aromatic heterocycles. The molecule has 1 amide bonds. The van der Waals surface area contributed by atoms with E-state index in [2.05, 4.69) is 10.3 Å². The first-order valence-corrected chi connectivity index (χ1v) is 5.73. The molecule has 0 aliphatic rings. The van der Waals surface area contributed by atoms with Crippen LogP contribution in [0.5, 0.6) is 0 Å². The molecule has 1 rings (SSSR count). The number of carbonyl (C=O) groups is 1. The maximum absolute atomic E-state index is 11.7. The van der Waals surface area contributed by atoms with Crippen molar-refractivity contribution in [1.82, 2.24) is 14.9 Å². The first kappa shape index (κ1) is 13.4. The molecule has 5 nitrogen and oxygen atoms in total. The van der Waals surface area contributed by atoms with E-state index in [1.165, 1.54) is 4.57 Å². The zero-order valence-electron chi connectivity index (χ0n) is 10.7. The Bertz CT molecular complexity index is 451. The highest BCUT2D eigenvalue weighted by Gasteiger charge is 2.11. The molecule has 1 atom stereocenters. The predicted octanol–water partition coefficient (Wildman–Crippen LogP) is 0.712. The van der Waals surface area contributed by atoms with Gasteiger partial charge in [0.1, 0.15) is 6.54 Å². The number of aromatic nitrogens is 2. The fourth-order valence-corrected chi connectivity index (χ4v) is 1.26. The summed E-state index contributed by atoms with van der Waals surface area (Å²) in [5.41, 5.74) is 0.263. The van der Waals surface area contributed by atoms with Crippen LogP contribution in [0.4, 0.5) is 0 Å². The second kappa shape index (κ2) is 5.61. The molecule has 0 radical (unpaired) electrons. The summed E-state index contributed by atoms with van der Waals surface area (Å²) in [6.07, 6.45) is 1.59. The van der Waals surface area contributed by atoms with Gasteiger partial charge in [0.25, 0.3) is 0 Å². The number of aryl methyl sites for hydroxylation is 1. The Balaban J connectivity index is 2.66. The van der Waals surface area contributed by atoms with Crippen molar-refractivity contribution in [2.75, 3.05) is 0 Å². The van der Waals surface area contributed by atoms with Crippen LogP contribution in [0.15, 0.2) is 17.1 Å². The maximum atomic E-state index is 11.7. The van der Waals surface area contributed by atoms with Crippen LogP contribution < -0.4 is 11.0 Å². The fraction of sp³-hybridized carbons (Fsp3) is 0.583. The van der Waals surface area contributed by atoms with Gasteiger partial charge < -0.3 is 5.32 Å². The van der Waals surface area contributed by atoms with Crippen LogP contribution in [0.25, 0.3) is 0 Å². The van der Waals surface area contributed by atoms with Crippen molar-refractivity contribution >= 4 is 5.91 Å². The molecule has 5 heteroatoms. The molecule has 1 aromatic rings. The minimum atomic E-state index is -0.391. The molecule has 0 aliphatic heterocycles. The molecule has 94 valence electrons. The van der Waals surface area contributed by atoms with Crippen molar-refractivity contribution in [3.8, 4) is 0 Å². The van der Waals surface area contributed by atoms with Crippen LogP contribution >= 0.6 is 0 Å². The third-order valence-electron chi connectivity index (χ3n) is 2.72. The molecule has 0 saturated heterocycles. The van der Waals surface area contributed by atoms with Gasteiger partial charge in [-0.3, -0.25) is 9.36 Å². The van der Waals surface area contributed by atoms with Crippen LogP contribution in [0.1, 0.15) is 26.5 Å². The summed E-state index contributed by atoms with van der Waals surface area (Å²) in [4.78, 5) is 26.9. The summed E-state index contributed by atoms with van der Waals surface area (Å²) >= 11 is 0. The van der Waals surface area contributed by atoms with E-state index in [-0.39, 0.29) is 18.5 Å². The van der Waals surface area contributed by atoms with E-state index in [1.54, 1.807) is 19.2 Å². The molecule has 1 N–H and O–H groups in total. The van der Waals surface area contributed by atoms with Gasteiger partial charge in [-0.2, -0.15) is 4.98 Å². The number of hydrogen-bond donors (Lipinski definition) is 1. The summed E-state index contributed by atoms with van der Waals surface area (Å²) in [5.74, 6) is 0.200. The largest absolute Gasteiger partial charge is 0.352 e. The first-order valence-electron chi connectivity index (χ1n) is 5.73. The third kappa shape index (κ3) is 4.01. The van der Waals surface area contributed by atoms with E-state index in [4.69, 9.17) is 0 Å². The fourth-order valence-electron chi connectivity index (χ4n) is 1.26. The smallest absolute Gasteiger partial charge is 0.348 e. The molecule has 17 heavy (non-hydrogen) atoms. The quantitative estimate of drug-likeness (QED) is 0.839. The SMILES string of the molecule is Cc1ccn(CC(=O)NC(C)C(C)C)c(=O)n1. The number of carbonyl (C=O) groups excluding carboxylic acids is 1. The van der Waals surface area contributed by atoms with Gasteiger partial charge >= 0.3 is 5.69 Å². The van der Waals surface area contributed by atoms with Crippen LogP contribution in [-0.4, -0.2) is 21.5 Å². The zero-order valence-corrected chi connectivity index (χ0v) is 10.7. The van der Waals surface area contributed by atoms with Gasteiger partial charge in [0.15, 0.2) is 0 Å². The van der Waals surface area contributed by atoms with Crippen molar-refractivity contribution in [2.45, 2.75) is 40.3 Å². The predicted molar refractivity (Wildman–Crippen MR) is 65.7 cm³/mol. The van der Waals surface area contributed by atoms with Crippen molar-refractivity contribution in [2.24, 2.45) is 5.92 Å². The monoisotopic (exact) mass is 237 g/mol. The van der Waals surface area contributed by atoms with Gasteiger partial charge in [0.05, 0.1) is 0 Å². The van der Waals surface area contributed by atoms with Gasteiger partial charge in [-0.25, -0.2) is 4.79 Å². The molecule has 0 fully saturated rings. The molecular formula is C12H19N3O2. The van der Waals surface area contributed by atoms with Gasteiger partial charge in [-0.15, -0.1) is 0 Å². The van der Waals surface area contributed by atoms with E-state index in [0.29, 0.717) is 11.6 Å². The second-order valence-corrected chi connectivity index (χ2v) is 4.58. The van der Waals surface area contributed by atoms with Gasteiger partial charge in [0.2, 0.25) is 5.91 Å². The Labute approximate surface area is 101 Å². The minimum Gasteiger partial charge on any atom is -0.352 e. The number of nitrogens with zero attached hydrogens (tertiary/aromatic N) is 2. The van der Waals surface area contributed by atoms with Crippen molar-refractivity contribution in [1.29, 1.82) is 0 Å². The van der Waals surface area contributed by atoms with Gasteiger partial charge in [0, 0.05) is 17.9 Å². The number of amides is 1. The lowest BCUT2D eigenvalue weighted by Crippen LogP contribution is -2.40. The first-order chi connectivity index (χ1) is 7.90. The molecule has 0 saturated carbocycles. The summed E-state index contributed by atoms with van der Waals surface area (Å²) < 4.78 is 1.30. The normalized spacial score (nSPS) is 12.5. The lowest BCUT2D eigenvalue weighted by molar-refractivity contribution is -0.122. The molecule has 1 unspecified atom stereocenters. The molecule has 0 aromatic carbocycles.